The molecule has 3 heteroatoms. The third-order valence-electron chi connectivity index (χ3n) is 4.90. The highest BCUT2D eigenvalue weighted by atomic mass is 16.2. The number of benzene rings is 2. The molecule has 1 aliphatic rings. The maximum absolute atomic E-state index is 12.5. The summed E-state index contributed by atoms with van der Waals surface area (Å²) >= 11 is 0. The van der Waals surface area contributed by atoms with Crippen LogP contribution in [0.3, 0.4) is 0 Å². The zero-order valence-electron chi connectivity index (χ0n) is 15.2. The number of nitrogens with zero attached hydrogens (tertiary/aromatic N) is 2. The van der Waals surface area contributed by atoms with Gasteiger partial charge in [0.1, 0.15) is 0 Å². The highest BCUT2D eigenvalue weighted by Gasteiger charge is 2.19. The van der Waals surface area contributed by atoms with Crippen LogP contribution >= 0.6 is 0 Å². The Morgan fingerprint density at radius 2 is 1.72 bits per heavy atom. The molecule has 1 fully saturated rings. The number of amides is 1. The molecule has 0 unspecified atom stereocenters. The fraction of sp³-hybridized carbons (Fsp3) is 0.409. The van der Waals surface area contributed by atoms with Gasteiger partial charge in [-0.25, -0.2) is 0 Å². The first-order valence-electron chi connectivity index (χ1n) is 9.30. The highest BCUT2D eigenvalue weighted by Crippen LogP contribution is 2.12. The predicted octanol–water partition coefficient (Wildman–Crippen LogP) is 3.66. The first-order chi connectivity index (χ1) is 12.2. The molecule has 1 aliphatic heterocycles. The summed E-state index contributed by atoms with van der Waals surface area (Å²) in [7, 11) is 0. The van der Waals surface area contributed by atoms with Crippen molar-refractivity contribution in [2.45, 2.75) is 32.7 Å². The van der Waals surface area contributed by atoms with Gasteiger partial charge in [-0.3, -0.25) is 9.69 Å². The quantitative estimate of drug-likeness (QED) is 0.832. The minimum absolute atomic E-state index is 0.293. The van der Waals surface area contributed by atoms with E-state index in [0.29, 0.717) is 12.3 Å². The molecular formula is C22H28N2O. The van der Waals surface area contributed by atoms with E-state index in [-0.39, 0.29) is 0 Å². The third-order valence-corrected chi connectivity index (χ3v) is 4.90. The number of aryl methyl sites for hydroxylation is 2. The molecule has 0 radical (unpaired) electrons. The molecule has 2 aromatic rings. The molecule has 2 aromatic carbocycles. The van der Waals surface area contributed by atoms with Crippen LogP contribution in [0, 0.1) is 6.92 Å². The molecule has 3 nitrogen and oxygen atoms in total. The van der Waals surface area contributed by atoms with E-state index in [1.807, 2.05) is 18.2 Å². The monoisotopic (exact) mass is 336 g/mol. The molecule has 1 heterocycles. The van der Waals surface area contributed by atoms with Gasteiger partial charge in [0.05, 0.1) is 0 Å². The van der Waals surface area contributed by atoms with Crippen LogP contribution in [0.4, 0.5) is 0 Å². The van der Waals surface area contributed by atoms with E-state index in [1.165, 1.54) is 16.7 Å². The molecule has 0 spiro atoms. The SMILES string of the molecule is Cc1cccc(CN2CCCN(C(=O)CCc3ccccc3)CC2)c1. The Balaban J connectivity index is 1.48. The second-order valence-corrected chi connectivity index (χ2v) is 6.99. The normalized spacial score (nSPS) is 15.8. The van der Waals surface area contributed by atoms with E-state index in [9.17, 15) is 4.79 Å². The second-order valence-electron chi connectivity index (χ2n) is 6.99. The Morgan fingerprint density at radius 3 is 2.52 bits per heavy atom. The zero-order chi connectivity index (χ0) is 17.5. The van der Waals surface area contributed by atoms with Crippen LogP contribution in [0.2, 0.25) is 0 Å². The summed E-state index contributed by atoms with van der Waals surface area (Å²) in [5.41, 5.74) is 3.92. The summed E-state index contributed by atoms with van der Waals surface area (Å²) in [4.78, 5) is 17.1. The predicted molar refractivity (Wildman–Crippen MR) is 102 cm³/mol. The van der Waals surface area contributed by atoms with E-state index in [2.05, 4.69) is 53.1 Å². The molecule has 132 valence electrons. The van der Waals surface area contributed by atoms with Crippen LogP contribution in [0.15, 0.2) is 54.6 Å². The summed E-state index contributed by atoms with van der Waals surface area (Å²) in [6, 6.07) is 19.0. The molecule has 1 saturated heterocycles. The Bertz CT molecular complexity index is 683. The number of carbonyl (C=O) groups excluding carboxylic acids is 1. The van der Waals surface area contributed by atoms with Gasteiger partial charge >= 0.3 is 0 Å². The summed E-state index contributed by atoms with van der Waals surface area (Å²) < 4.78 is 0. The number of rotatable bonds is 5. The first-order valence-corrected chi connectivity index (χ1v) is 9.30. The van der Waals surface area contributed by atoms with Crippen molar-refractivity contribution in [3.63, 3.8) is 0 Å². The lowest BCUT2D eigenvalue weighted by Crippen LogP contribution is -2.35. The van der Waals surface area contributed by atoms with Gasteiger partial charge in [-0.15, -0.1) is 0 Å². The van der Waals surface area contributed by atoms with Crippen molar-refractivity contribution in [2.75, 3.05) is 26.2 Å². The van der Waals surface area contributed by atoms with E-state index in [4.69, 9.17) is 0 Å². The van der Waals surface area contributed by atoms with E-state index in [1.54, 1.807) is 0 Å². The third kappa shape index (κ3) is 5.43. The lowest BCUT2D eigenvalue weighted by Gasteiger charge is -2.22. The van der Waals surface area contributed by atoms with Crippen molar-refractivity contribution in [1.82, 2.24) is 9.80 Å². The summed E-state index contributed by atoms with van der Waals surface area (Å²) in [6.07, 6.45) is 2.51. The molecule has 0 aromatic heterocycles. The zero-order valence-corrected chi connectivity index (χ0v) is 15.2. The minimum atomic E-state index is 0.293. The standard InChI is InChI=1S/C22H28N2O/c1-19-7-5-10-21(17-19)18-23-13-6-14-24(16-15-23)22(25)12-11-20-8-3-2-4-9-20/h2-5,7-10,17H,6,11-16,18H2,1H3. The van der Waals surface area contributed by atoms with E-state index in [0.717, 1.165) is 45.6 Å². The smallest absolute Gasteiger partial charge is 0.222 e. The molecule has 3 rings (SSSR count). The Hall–Kier alpha value is -2.13. The van der Waals surface area contributed by atoms with Gasteiger partial charge < -0.3 is 4.90 Å². The summed E-state index contributed by atoms with van der Waals surface area (Å²) in [5, 5.41) is 0. The maximum atomic E-state index is 12.5. The second kappa shape index (κ2) is 8.82. The summed E-state index contributed by atoms with van der Waals surface area (Å²) in [6.45, 7) is 6.88. The topological polar surface area (TPSA) is 23.6 Å². The fourth-order valence-corrected chi connectivity index (χ4v) is 3.50. The van der Waals surface area contributed by atoms with Crippen LogP contribution in [0.1, 0.15) is 29.5 Å². The fourth-order valence-electron chi connectivity index (χ4n) is 3.50. The molecule has 0 atom stereocenters. The maximum Gasteiger partial charge on any atom is 0.222 e. The van der Waals surface area contributed by atoms with Gasteiger partial charge in [-0.2, -0.15) is 0 Å². The van der Waals surface area contributed by atoms with Gasteiger partial charge in [0.25, 0.3) is 0 Å². The van der Waals surface area contributed by atoms with Gasteiger partial charge in [0.2, 0.25) is 5.91 Å². The molecule has 0 aliphatic carbocycles. The van der Waals surface area contributed by atoms with Gasteiger partial charge in [0, 0.05) is 39.1 Å². The van der Waals surface area contributed by atoms with E-state index < -0.39 is 0 Å². The molecule has 25 heavy (non-hydrogen) atoms. The average molecular weight is 336 g/mol. The van der Waals surface area contributed by atoms with Crippen LogP contribution in [-0.2, 0) is 17.8 Å². The van der Waals surface area contributed by atoms with Crippen molar-refractivity contribution >= 4 is 5.91 Å². The van der Waals surface area contributed by atoms with Crippen molar-refractivity contribution in [1.29, 1.82) is 0 Å². The van der Waals surface area contributed by atoms with Crippen molar-refractivity contribution in [3.8, 4) is 0 Å². The van der Waals surface area contributed by atoms with E-state index >= 15 is 0 Å². The molecular weight excluding hydrogens is 308 g/mol. The van der Waals surface area contributed by atoms with Crippen molar-refractivity contribution < 1.29 is 4.79 Å². The van der Waals surface area contributed by atoms with Crippen LogP contribution < -0.4 is 0 Å². The minimum Gasteiger partial charge on any atom is -0.341 e. The Kier molecular flexibility index (Phi) is 6.24. The molecule has 1 amide bonds. The van der Waals surface area contributed by atoms with Crippen molar-refractivity contribution in [3.05, 3.63) is 71.3 Å². The highest BCUT2D eigenvalue weighted by molar-refractivity contribution is 5.76. The van der Waals surface area contributed by atoms with Crippen LogP contribution in [0.5, 0.6) is 0 Å². The van der Waals surface area contributed by atoms with Gasteiger partial charge in [-0.1, -0.05) is 60.2 Å². The number of hydrogen-bond donors (Lipinski definition) is 0. The molecule has 0 bridgehead atoms. The number of carbonyl (C=O) groups is 1. The average Bonchev–Trinajstić information content (AvgIpc) is 2.86. The summed E-state index contributed by atoms with van der Waals surface area (Å²) in [5.74, 6) is 0.293. The van der Waals surface area contributed by atoms with Crippen LogP contribution in [0.25, 0.3) is 0 Å². The van der Waals surface area contributed by atoms with Gasteiger partial charge in [0.15, 0.2) is 0 Å². The molecule has 0 N–H and O–H groups in total. The van der Waals surface area contributed by atoms with Crippen LogP contribution in [-0.4, -0.2) is 41.9 Å². The van der Waals surface area contributed by atoms with Crippen molar-refractivity contribution in [2.24, 2.45) is 0 Å². The lowest BCUT2D eigenvalue weighted by molar-refractivity contribution is -0.131. The van der Waals surface area contributed by atoms with Gasteiger partial charge in [-0.05, 0) is 30.9 Å². The first kappa shape index (κ1) is 17.7. The number of hydrogen-bond acceptors (Lipinski definition) is 2. The largest absolute Gasteiger partial charge is 0.341 e. The molecule has 0 saturated carbocycles. The lowest BCUT2D eigenvalue weighted by atomic mass is 10.1. The Labute approximate surface area is 151 Å². The Morgan fingerprint density at radius 1 is 0.920 bits per heavy atom.